The second kappa shape index (κ2) is 8.72. The van der Waals surface area contributed by atoms with Crippen molar-refractivity contribution >= 4 is 33.8 Å². The summed E-state index contributed by atoms with van der Waals surface area (Å²) in [6.07, 6.45) is 5.01. The Labute approximate surface area is 161 Å². The first-order valence-electron chi connectivity index (χ1n) is 8.65. The molecule has 6 heteroatoms. The number of furan rings is 1. The highest BCUT2D eigenvalue weighted by Crippen LogP contribution is 2.33. The first-order chi connectivity index (χ1) is 12.7. The van der Waals surface area contributed by atoms with Gasteiger partial charge in [-0.1, -0.05) is 30.3 Å². The molecule has 0 unspecified atom stereocenters. The molecule has 0 radical (unpaired) electrons. The maximum atomic E-state index is 12.3. The molecule has 1 amide bonds. The number of carbonyl (C=O) groups excluding carboxylic acids is 1. The van der Waals surface area contributed by atoms with Gasteiger partial charge in [0.05, 0.1) is 4.47 Å². The standard InChI is InChI=1S/C20H20BrN3O2/c21-18-12-17(26-20(18)24-9-5-2-6-10-24)11-16(13-22)19(25)23-14-15-7-3-1-4-8-15/h1,3-4,7-8,11-12H,2,5-6,9-10,14H2,(H,23,25)/b16-11-. The molecule has 0 bridgehead atoms. The summed E-state index contributed by atoms with van der Waals surface area (Å²) in [5.41, 5.74) is 0.999. The predicted molar refractivity (Wildman–Crippen MR) is 104 cm³/mol. The number of piperidine rings is 1. The largest absolute Gasteiger partial charge is 0.440 e. The van der Waals surface area contributed by atoms with Gasteiger partial charge in [-0.3, -0.25) is 4.79 Å². The van der Waals surface area contributed by atoms with Gasteiger partial charge in [-0.25, -0.2) is 0 Å². The number of halogens is 1. The minimum absolute atomic E-state index is 0.0207. The van der Waals surface area contributed by atoms with Gasteiger partial charge in [0.1, 0.15) is 17.4 Å². The molecule has 1 N–H and O–H groups in total. The van der Waals surface area contributed by atoms with E-state index in [2.05, 4.69) is 26.1 Å². The number of amides is 1. The Morgan fingerprint density at radius 3 is 2.69 bits per heavy atom. The van der Waals surface area contributed by atoms with E-state index in [1.54, 1.807) is 6.07 Å². The van der Waals surface area contributed by atoms with Gasteiger partial charge in [-0.15, -0.1) is 0 Å². The van der Waals surface area contributed by atoms with Crippen LogP contribution in [0.1, 0.15) is 30.6 Å². The molecule has 5 nitrogen and oxygen atoms in total. The predicted octanol–water partition coefficient (Wildman–Crippen LogP) is 4.26. The van der Waals surface area contributed by atoms with Gasteiger partial charge in [0.15, 0.2) is 0 Å². The van der Waals surface area contributed by atoms with E-state index in [4.69, 9.17) is 4.42 Å². The van der Waals surface area contributed by atoms with E-state index in [9.17, 15) is 10.1 Å². The molecule has 1 aromatic heterocycles. The Kier molecular flexibility index (Phi) is 6.13. The van der Waals surface area contributed by atoms with Gasteiger partial charge < -0.3 is 14.6 Å². The fourth-order valence-electron chi connectivity index (χ4n) is 2.92. The zero-order chi connectivity index (χ0) is 18.4. The zero-order valence-electron chi connectivity index (χ0n) is 14.4. The molecule has 3 rings (SSSR count). The third-order valence-electron chi connectivity index (χ3n) is 4.28. The van der Waals surface area contributed by atoms with Crippen LogP contribution in [0.25, 0.3) is 6.08 Å². The van der Waals surface area contributed by atoms with Crippen LogP contribution in [0.15, 0.2) is 50.9 Å². The monoisotopic (exact) mass is 413 g/mol. The van der Waals surface area contributed by atoms with Crippen molar-refractivity contribution in [2.45, 2.75) is 25.8 Å². The molecule has 1 fully saturated rings. The molecule has 26 heavy (non-hydrogen) atoms. The number of nitrogens with one attached hydrogen (secondary N) is 1. The Balaban J connectivity index is 1.70. The molecule has 1 aliphatic heterocycles. The van der Waals surface area contributed by atoms with E-state index < -0.39 is 5.91 Å². The number of nitrogens with zero attached hydrogens (tertiary/aromatic N) is 2. The number of carbonyl (C=O) groups is 1. The summed E-state index contributed by atoms with van der Waals surface area (Å²) in [6, 6.07) is 13.3. The summed E-state index contributed by atoms with van der Waals surface area (Å²) in [7, 11) is 0. The SMILES string of the molecule is N#C/C(=C/c1cc(Br)c(N2CCCCC2)o1)C(=O)NCc1ccccc1. The Morgan fingerprint density at radius 2 is 2.00 bits per heavy atom. The van der Waals surface area contributed by atoms with Gasteiger partial charge in [-0.05, 0) is 40.8 Å². The zero-order valence-corrected chi connectivity index (χ0v) is 16.0. The number of benzene rings is 1. The van der Waals surface area contributed by atoms with Crippen molar-refractivity contribution in [2.24, 2.45) is 0 Å². The van der Waals surface area contributed by atoms with Crippen molar-refractivity contribution in [2.75, 3.05) is 18.0 Å². The molecular formula is C20H20BrN3O2. The highest BCUT2D eigenvalue weighted by Gasteiger charge is 2.19. The van der Waals surface area contributed by atoms with E-state index in [1.807, 2.05) is 36.4 Å². The van der Waals surface area contributed by atoms with Gasteiger partial charge >= 0.3 is 0 Å². The molecule has 0 aliphatic carbocycles. The van der Waals surface area contributed by atoms with Crippen molar-refractivity contribution in [1.82, 2.24) is 5.32 Å². The molecule has 0 saturated carbocycles. The molecule has 1 aromatic carbocycles. The number of anilines is 1. The summed E-state index contributed by atoms with van der Waals surface area (Å²) in [6.45, 7) is 2.29. The highest BCUT2D eigenvalue weighted by atomic mass is 79.9. The van der Waals surface area contributed by atoms with Gasteiger partial charge in [-0.2, -0.15) is 5.26 Å². The quantitative estimate of drug-likeness (QED) is 0.587. The maximum absolute atomic E-state index is 12.3. The van der Waals surface area contributed by atoms with E-state index in [-0.39, 0.29) is 5.57 Å². The molecular weight excluding hydrogens is 394 g/mol. The van der Waals surface area contributed by atoms with Crippen LogP contribution >= 0.6 is 15.9 Å². The van der Waals surface area contributed by atoms with Crippen LogP contribution in [-0.4, -0.2) is 19.0 Å². The van der Waals surface area contributed by atoms with Crippen LogP contribution < -0.4 is 10.2 Å². The Hall–Kier alpha value is -2.52. The Morgan fingerprint density at radius 1 is 1.27 bits per heavy atom. The summed E-state index contributed by atoms with van der Waals surface area (Å²) < 4.78 is 6.71. The summed E-state index contributed by atoms with van der Waals surface area (Å²) >= 11 is 3.51. The van der Waals surface area contributed by atoms with Gasteiger partial charge in [0, 0.05) is 31.8 Å². The number of hydrogen-bond acceptors (Lipinski definition) is 4. The normalized spacial score (nSPS) is 14.8. The lowest BCUT2D eigenvalue weighted by molar-refractivity contribution is -0.117. The third kappa shape index (κ3) is 4.55. The van der Waals surface area contributed by atoms with Crippen LogP contribution in [0, 0.1) is 11.3 Å². The fourth-order valence-corrected chi connectivity index (χ4v) is 3.48. The minimum Gasteiger partial charge on any atom is -0.440 e. The number of nitriles is 1. The van der Waals surface area contributed by atoms with Crippen LogP contribution in [-0.2, 0) is 11.3 Å². The summed E-state index contributed by atoms with van der Waals surface area (Å²) in [5.74, 6) is 0.838. The molecule has 1 aliphatic rings. The summed E-state index contributed by atoms with van der Waals surface area (Å²) in [4.78, 5) is 14.5. The van der Waals surface area contributed by atoms with Crippen LogP contribution in [0.3, 0.4) is 0 Å². The van der Waals surface area contributed by atoms with Crippen molar-refractivity contribution in [1.29, 1.82) is 5.26 Å². The average molecular weight is 414 g/mol. The minimum atomic E-state index is -0.414. The van der Waals surface area contributed by atoms with Crippen molar-refractivity contribution in [3.05, 3.63) is 57.8 Å². The molecule has 1 saturated heterocycles. The van der Waals surface area contributed by atoms with Crippen molar-refractivity contribution in [3.8, 4) is 6.07 Å². The van der Waals surface area contributed by atoms with E-state index in [1.165, 1.54) is 12.5 Å². The molecule has 0 atom stereocenters. The van der Waals surface area contributed by atoms with Gasteiger partial charge in [0.25, 0.3) is 5.91 Å². The van der Waals surface area contributed by atoms with Crippen LogP contribution in [0.2, 0.25) is 0 Å². The van der Waals surface area contributed by atoms with Crippen molar-refractivity contribution in [3.63, 3.8) is 0 Å². The van der Waals surface area contributed by atoms with E-state index >= 15 is 0 Å². The van der Waals surface area contributed by atoms with E-state index in [0.29, 0.717) is 12.3 Å². The third-order valence-corrected chi connectivity index (χ3v) is 4.85. The first-order valence-corrected chi connectivity index (χ1v) is 9.45. The molecule has 134 valence electrons. The lowest BCUT2D eigenvalue weighted by atomic mass is 10.1. The molecule has 2 heterocycles. The van der Waals surface area contributed by atoms with E-state index in [0.717, 1.165) is 41.9 Å². The van der Waals surface area contributed by atoms with Crippen LogP contribution in [0.4, 0.5) is 5.88 Å². The highest BCUT2D eigenvalue weighted by molar-refractivity contribution is 9.10. The maximum Gasteiger partial charge on any atom is 0.262 e. The average Bonchev–Trinajstić information content (AvgIpc) is 3.06. The second-order valence-electron chi connectivity index (χ2n) is 6.19. The van der Waals surface area contributed by atoms with Crippen LogP contribution in [0.5, 0.6) is 0 Å². The number of hydrogen-bond donors (Lipinski definition) is 1. The Bertz CT molecular complexity index is 830. The fraction of sp³-hybridized carbons (Fsp3) is 0.300. The molecule has 0 spiro atoms. The van der Waals surface area contributed by atoms with Crippen molar-refractivity contribution < 1.29 is 9.21 Å². The van der Waals surface area contributed by atoms with Gasteiger partial charge in [0.2, 0.25) is 5.88 Å². The lowest BCUT2D eigenvalue weighted by Gasteiger charge is -2.26. The topological polar surface area (TPSA) is 69.3 Å². The molecule has 2 aromatic rings. The lowest BCUT2D eigenvalue weighted by Crippen LogP contribution is -2.29. The first kappa shape index (κ1) is 18.3. The second-order valence-corrected chi connectivity index (χ2v) is 7.04. The number of rotatable bonds is 5. The smallest absolute Gasteiger partial charge is 0.262 e. The summed E-state index contributed by atoms with van der Waals surface area (Å²) in [5, 5.41) is 12.1.